The Labute approximate surface area is 105 Å². The van der Waals surface area contributed by atoms with Gasteiger partial charge in [-0.05, 0) is 44.0 Å². The van der Waals surface area contributed by atoms with Crippen molar-refractivity contribution in [2.45, 2.75) is 18.0 Å². The van der Waals surface area contributed by atoms with Crippen LogP contribution in [0.15, 0.2) is 29.4 Å². The number of hydrogen-bond acceptors (Lipinski definition) is 3. The van der Waals surface area contributed by atoms with Crippen LogP contribution in [0.3, 0.4) is 0 Å². The third-order valence-electron chi connectivity index (χ3n) is 3.22. The van der Waals surface area contributed by atoms with Crippen LogP contribution in [-0.4, -0.2) is 28.8 Å². The van der Waals surface area contributed by atoms with Crippen molar-refractivity contribution in [3.8, 4) is 0 Å². The maximum Gasteiger partial charge on any atom is 0.166 e. The number of para-hydroxylation sites is 2. The zero-order valence-corrected chi connectivity index (χ0v) is 10.6. The zero-order chi connectivity index (χ0) is 11.5. The van der Waals surface area contributed by atoms with Crippen molar-refractivity contribution in [3.63, 3.8) is 0 Å². The van der Waals surface area contributed by atoms with Gasteiger partial charge >= 0.3 is 0 Å². The maximum atomic E-state index is 4.58. The number of aromatic nitrogens is 2. The van der Waals surface area contributed by atoms with Crippen LogP contribution in [0, 0.1) is 5.92 Å². The molecule has 3 rings (SSSR count). The Kier molecular flexibility index (Phi) is 3.34. The quantitative estimate of drug-likeness (QED) is 0.819. The van der Waals surface area contributed by atoms with Gasteiger partial charge in [0.05, 0.1) is 11.0 Å². The van der Waals surface area contributed by atoms with Gasteiger partial charge in [0.15, 0.2) is 5.16 Å². The first kappa shape index (κ1) is 11.1. The van der Waals surface area contributed by atoms with E-state index in [2.05, 4.69) is 27.4 Å². The van der Waals surface area contributed by atoms with Gasteiger partial charge in [-0.15, -0.1) is 0 Å². The van der Waals surface area contributed by atoms with Crippen molar-refractivity contribution in [3.05, 3.63) is 24.3 Å². The molecule has 0 radical (unpaired) electrons. The summed E-state index contributed by atoms with van der Waals surface area (Å²) in [6.45, 7) is 2.35. The summed E-state index contributed by atoms with van der Waals surface area (Å²) in [4.78, 5) is 7.95. The predicted octanol–water partition coefficient (Wildman–Crippen LogP) is 2.65. The lowest BCUT2D eigenvalue weighted by Crippen LogP contribution is -2.30. The standard InChI is InChI=1S/C13H17N3S/c1-2-6-12-11(5-1)15-13(16-12)17-9-10-4-3-7-14-8-10/h1-2,5-6,10,14H,3-4,7-9H2,(H,15,16)/t10-/m1/s1. The second kappa shape index (κ2) is 5.10. The molecule has 0 saturated carbocycles. The summed E-state index contributed by atoms with van der Waals surface area (Å²) in [5.74, 6) is 1.95. The van der Waals surface area contributed by atoms with E-state index in [4.69, 9.17) is 0 Å². The van der Waals surface area contributed by atoms with E-state index in [9.17, 15) is 0 Å². The van der Waals surface area contributed by atoms with Gasteiger partial charge in [0.2, 0.25) is 0 Å². The molecule has 2 heterocycles. The predicted molar refractivity (Wildman–Crippen MR) is 72.4 cm³/mol. The van der Waals surface area contributed by atoms with Crippen LogP contribution in [0.4, 0.5) is 0 Å². The van der Waals surface area contributed by atoms with E-state index in [0.29, 0.717) is 0 Å². The third-order valence-corrected chi connectivity index (χ3v) is 4.33. The Morgan fingerprint density at radius 2 is 2.29 bits per heavy atom. The Bertz CT molecular complexity index is 455. The van der Waals surface area contributed by atoms with Gasteiger partial charge in [-0.1, -0.05) is 23.9 Å². The molecule has 0 spiro atoms. The molecule has 2 aromatic rings. The molecule has 1 atom stereocenters. The van der Waals surface area contributed by atoms with Crippen LogP contribution in [-0.2, 0) is 0 Å². The highest BCUT2D eigenvalue weighted by atomic mass is 32.2. The fourth-order valence-electron chi connectivity index (χ4n) is 2.26. The fraction of sp³-hybridized carbons (Fsp3) is 0.462. The summed E-state index contributed by atoms with van der Waals surface area (Å²) >= 11 is 1.85. The number of nitrogens with one attached hydrogen (secondary N) is 2. The van der Waals surface area contributed by atoms with Crippen LogP contribution in [0.25, 0.3) is 11.0 Å². The van der Waals surface area contributed by atoms with Crippen LogP contribution in [0.2, 0.25) is 0 Å². The smallest absolute Gasteiger partial charge is 0.166 e. The van der Waals surface area contributed by atoms with E-state index < -0.39 is 0 Å². The number of hydrogen-bond donors (Lipinski definition) is 2. The molecule has 1 saturated heterocycles. The summed E-state index contributed by atoms with van der Waals surface area (Å²) in [7, 11) is 0. The lowest BCUT2D eigenvalue weighted by molar-refractivity contribution is 0.410. The van der Waals surface area contributed by atoms with Crippen LogP contribution in [0.1, 0.15) is 12.8 Å². The molecule has 1 fully saturated rings. The largest absolute Gasteiger partial charge is 0.333 e. The Morgan fingerprint density at radius 3 is 3.12 bits per heavy atom. The number of nitrogens with zero attached hydrogens (tertiary/aromatic N) is 1. The first-order chi connectivity index (χ1) is 8.42. The van der Waals surface area contributed by atoms with Gasteiger partial charge < -0.3 is 10.3 Å². The van der Waals surface area contributed by atoms with Gasteiger partial charge in [-0.25, -0.2) is 4.98 Å². The molecule has 4 heteroatoms. The highest BCUT2D eigenvalue weighted by Crippen LogP contribution is 2.23. The summed E-state index contributed by atoms with van der Waals surface area (Å²) in [5, 5.41) is 4.51. The SMILES string of the molecule is c1ccc2[nH]c(SC[C@@H]3CCCNC3)nc2c1. The third kappa shape index (κ3) is 2.64. The van der Waals surface area contributed by atoms with E-state index in [1.807, 2.05) is 23.9 Å². The highest BCUT2D eigenvalue weighted by Gasteiger charge is 2.14. The second-order valence-corrected chi connectivity index (χ2v) is 5.59. The molecule has 1 aliphatic rings. The first-order valence-corrected chi connectivity index (χ1v) is 7.18. The molecule has 90 valence electrons. The maximum absolute atomic E-state index is 4.58. The summed E-state index contributed by atoms with van der Waals surface area (Å²) in [6.07, 6.45) is 2.66. The number of benzene rings is 1. The van der Waals surface area contributed by atoms with Crippen molar-refractivity contribution < 1.29 is 0 Å². The number of rotatable bonds is 3. The highest BCUT2D eigenvalue weighted by molar-refractivity contribution is 7.99. The van der Waals surface area contributed by atoms with Crippen molar-refractivity contribution in [2.24, 2.45) is 5.92 Å². The minimum Gasteiger partial charge on any atom is -0.333 e. The lowest BCUT2D eigenvalue weighted by Gasteiger charge is -2.21. The second-order valence-electron chi connectivity index (χ2n) is 4.58. The summed E-state index contributed by atoms with van der Waals surface area (Å²) in [6, 6.07) is 8.20. The number of aromatic amines is 1. The fourth-order valence-corrected chi connectivity index (χ4v) is 3.28. The minimum atomic E-state index is 0.793. The Balaban J connectivity index is 1.64. The molecular formula is C13H17N3S. The molecule has 1 aliphatic heterocycles. The van der Waals surface area contributed by atoms with Crippen molar-refractivity contribution in [1.82, 2.24) is 15.3 Å². The topological polar surface area (TPSA) is 40.7 Å². The van der Waals surface area contributed by atoms with E-state index in [1.54, 1.807) is 0 Å². The molecule has 1 aromatic carbocycles. The number of piperidine rings is 1. The van der Waals surface area contributed by atoms with Crippen molar-refractivity contribution in [2.75, 3.05) is 18.8 Å². The zero-order valence-electron chi connectivity index (χ0n) is 9.78. The van der Waals surface area contributed by atoms with Crippen molar-refractivity contribution >= 4 is 22.8 Å². The van der Waals surface area contributed by atoms with E-state index >= 15 is 0 Å². The van der Waals surface area contributed by atoms with Gasteiger partial charge in [-0.3, -0.25) is 0 Å². The van der Waals surface area contributed by atoms with Gasteiger partial charge in [0, 0.05) is 5.75 Å². The molecule has 0 aliphatic carbocycles. The van der Waals surface area contributed by atoms with E-state index in [0.717, 1.165) is 34.4 Å². The lowest BCUT2D eigenvalue weighted by atomic mass is 10.0. The molecule has 1 aromatic heterocycles. The molecule has 3 nitrogen and oxygen atoms in total. The number of H-pyrrole nitrogens is 1. The summed E-state index contributed by atoms with van der Waals surface area (Å²) in [5.41, 5.74) is 2.20. The average Bonchev–Trinajstić information content (AvgIpc) is 2.80. The monoisotopic (exact) mass is 247 g/mol. The van der Waals surface area contributed by atoms with Gasteiger partial charge in [0.1, 0.15) is 0 Å². The Hall–Kier alpha value is -1.00. The molecule has 0 amide bonds. The number of fused-ring (bicyclic) bond motifs is 1. The van der Waals surface area contributed by atoms with Crippen LogP contribution < -0.4 is 5.32 Å². The molecule has 0 unspecified atom stereocenters. The van der Waals surface area contributed by atoms with E-state index in [1.165, 1.54) is 19.4 Å². The minimum absolute atomic E-state index is 0.793. The number of imidazole rings is 1. The number of thioether (sulfide) groups is 1. The normalized spacial score (nSPS) is 20.8. The summed E-state index contributed by atoms with van der Waals surface area (Å²) < 4.78 is 0. The van der Waals surface area contributed by atoms with Gasteiger partial charge in [-0.2, -0.15) is 0 Å². The molecule has 2 N–H and O–H groups in total. The molecular weight excluding hydrogens is 230 g/mol. The van der Waals surface area contributed by atoms with Gasteiger partial charge in [0.25, 0.3) is 0 Å². The Morgan fingerprint density at radius 1 is 1.35 bits per heavy atom. The van der Waals surface area contributed by atoms with E-state index in [-0.39, 0.29) is 0 Å². The van der Waals surface area contributed by atoms with Crippen LogP contribution >= 0.6 is 11.8 Å². The average molecular weight is 247 g/mol. The van der Waals surface area contributed by atoms with Crippen LogP contribution in [0.5, 0.6) is 0 Å². The molecule has 0 bridgehead atoms. The molecule has 17 heavy (non-hydrogen) atoms. The van der Waals surface area contributed by atoms with Crippen molar-refractivity contribution in [1.29, 1.82) is 0 Å². The first-order valence-electron chi connectivity index (χ1n) is 6.20.